The zero-order chi connectivity index (χ0) is 21.6. The molecule has 0 spiro atoms. The molecule has 0 radical (unpaired) electrons. The highest BCUT2D eigenvalue weighted by Gasteiger charge is 2.16. The van der Waals surface area contributed by atoms with Gasteiger partial charge in [0.1, 0.15) is 23.7 Å². The SMILES string of the molecule is CPn1cc(Cc2ccccc2OCCN2CCOCC2)c(-c2cc(=O)[nH]c(N)n2)n1. The normalized spacial score (nSPS) is 15.0. The number of para-hydroxylation sites is 1. The standard InChI is InChI=1S/C21H27N6O3P/c1-31-27-14-16(20(25-27)17-13-19(28)24-21(22)23-17)12-15-4-2-3-5-18(15)30-11-8-26-6-9-29-10-7-26/h2-5,13-14,31H,6-12H2,1H3,(H3,22,23,24,28). The van der Waals surface area contributed by atoms with Gasteiger partial charge in [-0.05, 0) is 27.0 Å². The zero-order valence-electron chi connectivity index (χ0n) is 17.5. The topological polar surface area (TPSA) is 111 Å². The molecule has 1 aromatic carbocycles. The second-order valence-corrected chi connectivity index (χ2v) is 8.18. The fourth-order valence-electron chi connectivity index (χ4n) is 3.57. The van der Waals surface area contributed by atoms with Gasteiger partial charge in [-0.2, -0.15) is 5.10 Å². The summed E-state index contributed by atoms with van der Waals surface area (Å²) in [5.41, 5.74) is 8.61. The summed E-state index contributed by atoms with van der Waals surface area (Å²) in [6.07, 6.45) is 2.61. The first-order valence-electron chi connectivity index (χ1n) is 10.3. The summed E-state index contributed by atoms with van der Waals surface area (Å²) in [6, 6.07) is 9.45. The number of nitrogens with two attached hydrogens (primary N) is 1. The van der Waals surface area contributed by atoms with Gasteiger partial charge in [0.15, 0.2) is 0 Å². The van der Waals surface area contributed by atoms with Crippen molar-refractivity contribution in [1.82, 2.24) is 24.4 Å². The Morgan fingerprint density at radius 3 is 2.84 bits per heavy atom. The van der Waals surface area contributed by atoms with Crippen LogP contribution in [0.3, 0.4) is 0 Å². The van der Waals surface area contributed by atoms with Crippen molar-refractivity contribution in [2.75, 3.05) is 51.9 Å². The number of benzene rings is 1. The molecule has 0 aliphatic carbocycles. The zero-order valence-corrected chi connectivity index (χ0v) is 18.5. The van der Waals surface area contributed by atoms with E-state index in [0.717, 1.165) is 49.7 Å². The number of morpholine rings is 1. The molecule has 164 valence electrons. The molecule has 1 saturated heterocycles. The van der Waals surface area contributed by atoms with Crippen LogP contribution in [0.2, 0.25) is 0 Å². The summed E-state index contributed by atoms with van der Waals surface area (Å²) in [6.45, 7) is 6.97. The van der Waals surface area contributed by atoms with Crippen LogP contribution in [0.1, 0.15) is 11.1 Å². The number of aromatic amines is 1. The van der Waals surface area contributed by atoms with Crippen LogP contribution in [0.4, 0.5) is 5.95 Å². The van der Waals surface area contributed by atoms with Crippen molar-refractivity contribution >= 4 is 14.7 Å². The Balaban J connectivity index is 1.54. The Hall–Kier alpha value is -2.74. The summed E-state index contributed by atoms with van der Waals surface area (Å²) >= 11 is 0. The van der Waals surface area contributed by atoms with Gasteiger partial charge in [-0.15, -0.1) is 0 Å². The number of aromatic nitrogens is 4. The lowest BCUT2D eigenvalue weighted by Gasteiger charge is -2.26. The van der Waals surface area contributed by atoms with Gasteiger partial charge in [-0.1, -0.05) is 18.2 Å². The van der Waals surface area contributed by atoms with Crippen LogP contribution in [0.15, 0.2) is 41.3 Å². The third-order valence-electron chi connectivity index (χ3n) is 5.14. The molecular weight excluding hydrogens is 415 g/mol. The number of rotatable bonds is 8. The van der Waals surface area contributed by atoms with Crippen molar-refractivity contribution in [2.45, 2.75) is 6.42 Å². The average molecular weight is 442 g/mol. The van der Waals surface area contributed by atoms with Crippen LogP contribution in [-0.4, -0.2) is 70.5 Å². The number of hydrogen-bond acceptors (Lipinski definition) is 7. The van der Waals surface area contributed by atoms with Crippen LogP contribution in [-0.2, 0) is 11.2 Å². The van der Waals surface area contributed by atoms with Crippen molar-refractivity contribution in [1.29, 1.82) is 0 Å². The lowest BCUT2D eigenvalue weighted by atomic mass is 10.0. The smallest absolute Gasteiger partial charge is 0.252 e. The monoisotopic (exact) mass is 442 g/mol. The first-order valence-corrected chi connectivity index (χ1v) is 11.7. The Morgan fingerprint density at radius 2 is 2.06 bits per heavy atom. The molecule has 1 fully saturated rings. The van der Waals surface area contributed by atoms with Gasteiger partial charge in [-0.25, -0.2) is 4.98 Å². The second kappa shape index (κ2) is 10.0. The van der Waals surface area contributed by atoms with Crippen molar-refractivity contribution in [2.24, 2.45) is 0 Å². The van der Waals surface area contributed by atoms with E-state index in [9.17, 15) is 4.79 Å². The number of nitrogen functional groups attached to an aromatic ring is 1. The summed E-state index contributed by atoms with van der Waals surface area (Å²) in [4.78, 5) is 21.0. The molecular formula is C21H27N6O3P. The van der Waals surface area contributed by atoms with E-state index in [2.05, 4.69) is 26.0 Å². The van der Waals surface area contributed by atoms with Crippen LogP contribution in [0.25, 0.3) is 11.4 Å². The van der Waals surface area contributed by atoms with Gasteiger partial charge >= 0.3 is 0 Å². The van der Waals surface area contributed by atoms with Gasteiger partial charge in [0.05, 0.1) is 13.2 Å². The maximum absolute atomic E-state index is 11.9. The van der Waals surface area contributed by atoms with Crippen LogP contribution in [0.5, 0.6) is 5.75 Å². The summed E-state index contributed by atoms with van der Waals surface area (Å²) in [5, 5.41) is 4.63. The van der Waals surface area contributed by atoms with E-state index >= 15 is 0 Å². The van der Waals surface area contributed by atoms with E-state index in [1.807, 2.05) is 35.5 Å². The molecule has 1 atom stereocenters. The first kappa shape index (κ1) is 21.5. The van der Waals surface area contributed by atoms with E-state index in [-0.39, 0.29) is 11.5 Å². The highest BCUT2D eigenvalue weighted by atomic mass is 31.1. The number of nitrogens with one attached hydrogen (secondary N) is 1. The lowest BCUT2D eigenvalue weighted by molar-refractivity contribution is 0.0322. The molecule has 3 N–H and O–H groups in total. The molecule has 1 unspecified atom stereocenters. The number of hydrogen-bond donors (Lipinski definition) is 2. The van der Waals surface area contributed by atoms with Crippen LogP contribution >= 0.6 is 8.73 Å². The van der Waals surface area contributed by atoms with E-state index in [1.54, 1.807) is 0 Å². The van der Waals surface area contributed by atoms with Gasteiger partial charge in [0.25, 0.3) is 5.56 Å². The highest BCUT2D eigenvalue weighted by Crippen LogP contribution is 2.28. The number of H-pyrrole nitrogens is 1. The Morgan fingerprint density at radius 1 is 1.26 bits per heavy atom. The molecule has 10 heteroatoms. The molecule has 0 amide bonds. The van der Waals surface area contributed by atoms with Crippen LogP contribution in [0, 0.1) is 0 Å². The molecule has 1 aliphatic rings. The third kappa shape index (κ3) is 5.50. The largest absolute Gasteiger partial charge is 0.492 e. The molecule has 3 heterocycles. The molecule has 2 aromatic heterocycles. The fourth-order valence-corrected chi connectivity index (χ4v) is 4.06. The minimum absolute atomic E-state index is 0.0776. The van der Waals surface area contributed by atoms with Crippen molar-refractivity contribution in [3.63, 3.8) is 0 Å². The Labute approximate surface area is 182 Å². The minimum atomic E-state index is -0.297. The third-order valence-corrected chi connectivity index (χ3v) is 5.83. The van der Waals surface area contributed by atoms with E-state index in [1.165, 1.54) is 6.07 Å². The van der Waals surface area contributed by atoms with E-state index in [4.69, 9.17) is 15.2 Å². The average Bonchev–Trinajstić information content (AvgIpc) is 3.18. The molecule has 4 rings (SSSR count). The first-order chi connectivity index (χ1) is 15.1. The number of nitrogens with zero attached hydrogens (tertiary/aromatic N) is 4. The molecule has 0 bridgehead atoms. The molecule has 1 aliphatic heterocycles. The molecule has 31 heavy (non-hydrogen) atoms. The summed E-state index contributed by atoms with van der Waals surface area (Å²) in [5.74, 6) is 0.931. The number of anilines is 1. The quantitative estimate of drug-likeness (QED) is 0.510. The summed E-state index contributed by atoms with van der Waals surface area (Å²) in [7, 11) is 0.461. The lowest BCUT2D eigenvalue weighted by Crippen LogP contribution is -2.38. The van der Waals surface area contributed by atoms with Crippen molar-refractivity contribution in [3.8, 4) is 17.1 Å². The predicted octanol–water partition coefficient (Wildman–Crippen LogP) is 1.59. The maximum atomic E-state index is 11.9. The second-order valence-electron chi connectivity index (χ2n) is 7.27. The molecule has 9 nitrogen and oxygen atoms in total. The fraction of sp³-hybridized carbons (Fsp3) is 0.381. The van der Waals surface area contributed by atoms with Crippen molar-refractivity contribution < 1.29 is 9.47 Å². The molecule has 0 saturated carbocycles. The Bertz CT molecular complexity index is 1080. The number of ether oxygens (including phenoxy) is 2. The van der Waals surface area contributed by atoms with E-state index in [0.29, 0.717) is 33.1 Å². The van der Waals surface area contributed by atoms with Gasteiger partial charge in [0.2, 0.25) is 5.95 Å². The van der Waals surface area contributed by atoms with E-state index < -0.39 is 0 Å². The van der Waals surface area contributed by atoms with Crippen molar-refractivity contribution in [3.05, 3.63) is 58.0 Å². The maximum Gasteiger partial charge on any atom is 0.252 e. The Kier molecular flexibility index (Phi) is 6.96. The predicted molar refractivity (Wildman–Crippen MR) is 122 cm³/mol. The summed E-state index contributed by atoms with van der Waals surface area (Å²) < 4.78 is 13.4. The van der Waals surface area contributed by atoms with Gasteiger partial charge in [0, 0.05) is 43.9 Å². The molecule has 3 aromatic rings. The van der Waals surface area contributed by atoms with Crippen LogP contribution < -0.4 is 16.0 Å². The van der Waals surface area contributed by atoms with Gasteiger partial charge in [-0.3, -0.25) is 19.1 Å². The highest BCUT2D eigenvalue weighted by molar-refractivity contribution is 7.35. The minimum Gasteiger partial charge on any atom is -0.492 e. The van der Waals surface area contributed by atoms with Gasteiger partial charge < -0.3 is 15.2 Å².